The Bertz CT molecular complexity index is 876. The highest BCUT2D eigenvalue weighted by atomic mass is 16.5. The Balaban J connectivity index is 2.06. The summed E-state index contributed by atoms with van der Waals surface area (Å²) in [5, 5.41) is 1.63. The first-order valence-corrected chi connectivity index (χ1v) is 7.20. The molecule has 4 heteroatoms. The molecule has 110 valence electrons. The summed E-state index contributed by atoms with van der Waals surface area (Å²) in [5.41, 5.74) is 1.64. The average molecular weight is 294 g/mol. The predicted octanol–water partition coefficient (Wildman–Crippen LogP) is 3.13. The van der Waals surface area contributed by atoms with Gasteiger partial charge < -0.3 is 9.47 Å². The van der Waals surface area contributed by atoms with E-state index in [9.17, 15) is 9.59 Å². The molecule has 1 aliphatic heterocycles. The quantitative estimate of drug-likeness (QED) is 0.758. The standard InChI is InChI=1S/C18H14O4/c1-9-7-14-16(19)17(20)15-12(18(14)22-9)6-4-10-3-5-11(21-2)8-13(10)15/h3-6,8-9H,7H2,1-2H3. The number of rotatable bonds is 1. The predicted molar refractivity (Wildman–Crippen MR) is 81.9 cm³/mol. The van der Waals surface area contributed by atoms with Crippen LogP contribution in [0.5, 0.6) is 5.75 Å². The molecular formula is C18H14O4. The van der Waals surface area contributed by atoms with Crippen LogP contribution in [0.2, 0.25) is 0 Å². The van der Waals surface area contributed by atoms with Crippen molar-refractivity contribution in [3.63, 3.8) is 0 Å². The number of methoxy groups -OCH3 is 1. The molecular weight excluding hydrogens is 280 g/mol. The topological polar surface area (TPSA) is 52.6 Å². The van der Waals surface area contributed by atoms with Gasteiger partial charge in [0.15, 0.2) is 0 Å². The van der Waals surface area contributed by atoms with Gasteiger partial charge in [0.25, 0.3) is 0 Å². The number of fused-ring (bicyclic) bond motifs is 4. The maximum atomic E-state index is 12.6. The van der Waals surface area contributed by atoms with Gasteiger partial charge in [-0.3, -0.25) is 9.59 Å². The van der Waals surface area contributed by atoms with Crippen molar-refractivity contribution < 1.29 is 19.1 Å². The minimum absolute atomic E-state index is 0.0753. The van der Waals surface area contributed by atoms with E-state index in [1.54, 1.807) is 13.2 Å². The second kappa shape index (κ2) is 4.44. The van der Waals surface area contributed by atoms with Crippen LogP contribution in [0.4, 0.5) is 0 Å². The number of hydrogen-bond acceptors (Lipinski definition) is 4. The van der Waals surface area contributed by atoms with Crippen molar-refractivity contribution in [1.82, 2.24) is 0 Å². The Morgan fingerprint density at radius 3 is 2.68 bits per heavy atom. The largest absolute Gasteiger partial charge is 0.497 e. The van der Waals surface area contributed by atoms with Gasteiger partial charge in [0, 0.05) is 23.1 Å². The number of benzene rings is 2. The minimum Gasteiger partial charge on any atom is -0.497 e. The molecule has 0 N–H and O–H groups in total. The molecule has 0 bridgehead atoms. The number of hydrogen-bond donors (Lipinski definition) is 0. The third-order valence-corrected chi connectivity index (χ3v) is 4.27. The van der Waals surface area contributed by atoms with E-state index in [1.165, 1.54) is 0 Å². The van der Waals surface area contributed by atoms with Crippen LogP contribution < -0.4 is 4.74 Å². The summed E-state index contributed by atoms with van der Waals surface area (Å²) in [7, 11) is 1.58. The van der Waals surface area contributed by atoms with Crippen molar-refractivity contribution in [2.24, 2.45) is 0 Å². The molecule has 22 heavy (non-hydrogen) atoms. The molecule has 0 fully saturated rings. The first-order valence-electron chi connectivity index (χ1n) is 7.20. The summed E-state index contributed by atoms with van der Waals surface area (Å²) in [6.07, 6.45) is 0.420. The molecule has 2 aromatic rings. The Morgan fingerprint density at radius 1 is 1.14 bits per heavy atom. The van der Waals surface area contributed by atoms with Gasteiger partial charge in [0.1, 0.15) is 17.6 Å². The van der Waals surface area contributed by atoms with Crippen LogP contribution in [-0.2, 0) is 9.53 Å². The van der Waals surface area contributed by atoms with Gasteiger partial charge in [-0.1, -0.05) is 12.1 Å². The minimum atomic E-state index is -0.453. The third kappa shape index (κ3) is 1.64. The van der Waals surface area contributed by atoms with Crippen LogP contribution in [0.3, 0.4) is 0 Å². The molecule has 0 spiro atoms. The number of ketones is 2. The second-order valence-electron chi connectivity index (χ2n) is 5.67. The Hall–Kier alpha value is -2.62. The molecule has 4 nitrogen and oxygen atoms in total. The highest BCUT2D eigenvalue weighted by molar-refractivity contribution is 6.54. The van der Waals surface area contributed by atoms with Crippen molar-refractivity contribution >= 4 is 28.1 Å². The zero-order valence-corrected chi connectivity index (χ0v) is 12.3. The van der Waals surface area contributed by atoms with Gasteiger partial charge in [0.05, 0.1) is 7.11 Å². The van der Waals surface area contributed by atoms with E-state index in [1.807, 2.05) is 31.2 Å². The highest BCUT2D eigenvalue weighted by Gasteiger charge is 2.39. The number of ether oxygens (including phenoxy) is 2. The van der Waals surface area contributed by atoms with E-state index in [4.69, 9.17) is 9.47 Å². The third-order valence-electron chi connectivity index (χ3n) is 4.27. The van der Waals surface area contributed by atoms with Gasteiger partial charge in [-0.2, -0.15) is 0 Å². The molecule has 0 saturated carbocycles. The number of carbonyl (C=O) groups excluding carboxylic acids is 2. The summed E-state index contributed by atoms with van der Waals surface area (Å²) in [6, 6.07) is 9.32. The zero-order valence-electron chi connectivity index (χ0n) is 12.3. The number of carbonyl (C=O) groups is 2. The van der Waals surface area contributed by atoms with Crippen LogP contribution in [0, 0.1) is 0 Å². The lowest BCUT2D eigenvalue weighted by atomic mass is 9.85. The Labute approximate surface area is 127 Å². The van der Waals surface area contributed by atoms with Crippen molar-refractivity contribution in [2.45, 2.75) is 19.4 Å². The van der Waals surface area contributed by atoms with Crippen molar-refractivity contribution in [1.29, 1.82) is 0 Å². The molecule has 0 aromatic heterocycles. The van der Waals surface area contributed by atoms with Crippen LogP contribution in [0.25, 0.3) is 16.5 Å². The fraction of sp³-hybridized carbons (Fsp3) is 0.222. The van der Waals surface area contributed by atoms with Gasteiger partial charge in [-0.25, -0.2) is 0 Å². The lowest BCUT2D eigenvalue weighted by Crippen LogP contribution is -2.22. The molecule has 4 rings (SSSR count). The zero-order chi connectivity index (χ0) is 15.4. The summed E-state index contributed by atoms with van der Waals surface area (Å²) >= 11 is 0. The fourth-order valence-electron chi connectivity index (χ4n) is 3.23. The fourth-order valence-corrected chi connectivity index (χ4v) is 3.23. The molecule has 1 atom stereocenters. The summed E-state index contributed by atoms with van der Waals surface area (Å²) in [6.45, 7) is 1.90. The van der Waals surface area contributed by atoms with Crippen molar-refractivity contribution in [2.75, 3.05) is 7.11 Å². The molecule has 0 amide bonds. The first-order chi connectivity index (χ1) is 10.6. The maximum Gasteiger partial charge on any atom is 0.234 e. The Kier molecular flexibility index (Phi) is 2.64. The molecule has 1 unspecified atom stereocenters. The average Bonchev–Trinajstić information content (AvgIpc) is 2.93. The van der Waals surface area contributed by atoms with Crippen LogP contribution >= 0.6 is 0 Å². The number of Topliss-reactive ketones (excluding diaryl/α,β-unsaturated/α-hetero) is 2. The van der Waals surface area contributed by atoms with E-state index in [2.05, 4.69) is 0 Å². The highest BCUT2D eigenvalue weighted by Crippen LogP contribution is 2.41. The lowest BCUT2D eigenvalue weighted by molar-refractivity contribution is -0.111. The normalized spacial score (nSPS) is 20.0. The van der Waals surface area contributed by atoms with E-state index in [0.717, 1.165) is 10.8 Å². The van der Waals surface area contributed by atoms with Crippen LogP contribution in [0.1, 0.15) is 29.3 Å². The molecule has 2 aromatic carbocycles. The van der Waals surface area contributed by atoms with E-state index < -0.39 is 11.6 Å². The van der Waals surface area contributed by atoms with Crippen LogP contribution in [0.15, 0.2) is 35.9 Å². The first kappa shape index (κ1) is 13.1. The van der Waals surface area contributed by atoms with Gasteiger partial charge in [0.2, 0.25) is 11.6 Å². The van der Waals surface area contributed by atoms with Gasteiger partial charge >= 0.3 is 0 Å². The Morgan fingerprint density at radius 2 is 1.91 bits per heavy atom. The summed E-state index contributed by atoms with van der Waals surface area (Å²) < 4.78 is 11.0. The van der Waals surface area contributed by atoms with E-state index in [0.29, 0.717) is 34.6 Å². The summed E-state index contributed by atoms with van der Waals surface area (Å²) in [4.78, 5) is 25.0. The monoisotopic (exact) mass is 294 g/mol. The van der Waals surface area contributed by atoms with E-state index >= 15 is 0 Å². The second-order valence-corrected chi connectivity index (χ2v) is 5.67. The van der Waals surface area contributed by atoms with E-state index in [-0.39, 0.29) is 6.10 Å². The molecule has 0 radical (unpaired) electrons. The smallest absolute Gasteiger partial charge is 0.234 e. The van der Waals surface area contributed by atoms with Crippen molar-refractivity contribution in [3.05, 3.63) is 47.0 Å². The molecule has 0 saturated heterocycles. The van der Waals surface area contributed by atoms with Crippen molar-refractivity contribution in [3.8, 4) is 5.75 Å². The van der Waals surface area contributed by atoms with Gasteiger partial charge in [-0.05, 0) is 35.9 Å². The van der Waals surface area contributed by atoms with Crippen LogP contribution in [-0.4, -0.2) is 24.8 Å². The lowest BCUT2D eigenvalue weighted by Gasteiger charge is -2.18. The SMILES string of the molecule is COc1ccc2ccc3c(c2c1)C(=O)C(=O)C1=C3OC(C)C1. The maximum absolute atomic E-state index is 12.6. The molecule has 1 heterocycles. The molecule has 2 aliphatic rings. The summed E-state index contributed by atoms with van der Waals surface area (Å²) in [5.74, 6) is 0.325. The van der Waals surface area contributed by atoms with Gasteiger partial charge in [-0.15, -0.1) is 0 Å². The molecule has 1 aliphatic carbocycles.